The molecule has 0 spiro atoms. The first-order chi connectivity index (χ1) is 8.69. The van der Waals surface area contributed by atoms with Gasteiger partial charge in [0.1, 0.15) is 0 Å². The molecule has 0 aromatic carbocycles. The highest BCUT2D eigenvalue weighted by Gasteiger charge is 2.46. The minimum Gasteiger partial charge on any atom is -0.317 e. The Labute approximate surface area is 107 Å². The molecule has 3 rings (SSSR count). The van der Waals surface area contributed by atoms with Crippen molar-refractivity contribution < 1.29 is 9.59 Å². The summed E-state index contributed by atoms with van der Waals surface area (Å²) >= 11 is 0. The fraction of sp³-hybridized carbons (Fsp3) is 0.846. The van der Waals surface area contributed by atoms with E-state index in [9.17, 15) is 9.59 Å². The summed E-state index contributed by atoms with van der Waals surface area (Å²) in [5.74, 6) is -0.195. The number of nitrogens with one attached hydrogen (secondary N) is 2. The Bertz CT molecular complexity index is 357. The summed E-state index contributed by atoms with van der Waals surface area (Å²) in [4.78, 5) is 25.6. The first-order valence-electron chi connectivity index (χ1n) is 6.97. The molecule has 3 fully saturated rings. The number of carbonyl (C=O) groups is 2. The van der Waals surface area contributed by atoms with Gasteiger partial charge in [-0.1, -0.05) is 0 Å². The molecule has 2 N–H and O–H groups in total. The van der Waals surface area contributed by atoms with Gasteiger partial charge >= 0.3 is 0 Å². The lowest BCUT2D eigenvalue weighted by Gasteiger charge is -2.43. The molecular weight excluding hydrogens is 230 g/mol. The van der Waals surface area contributed by atoms with Crippen LogP contribution in [0.3, 0.4) is 0 Å². The van der Waals surface area contributed by atoms with Gasteiger partial charge in [0.2, 0.25) is 11.8 Å². The third-order valence-corrected chi connectivity index (χ3v) is 4.77. The molecule has 5 nitrogen and oxygen atoms in total. The van der Waals surface area contributed by atoms with Crippen molar-refractivity contribution in [3.05, 3.63) is 0 Å². The summed E-state index contributed by atoms with van der Waals surface area (Å²) in [7, 11) is 2.02. The van der Waals surface area contributed by atoms with Gasteiger partial charge in [-0.3, -0.25) is 19.8 Å². The van der Waals surface area contributed by atoms with Crippen molar-refractivity contribution in [3.63, 3.8) is 0 Å². The maximum absolute atomic E-state index is 12.0. The van der Waals surface area contributed by atoms with Crippen molar-refractivity contribution in [2.24, 2.45) is 0 Å². The minimum atomic E-state index is -0.117. The third kappa shape index (κ3) is 1.95. The summed E-state index contributed by atoms with van der Waals surface area (Å²) in [6.07, 6.45) is 5.83. The standard InChI is InChI=1S/C13H21N3O2/c1-14-8-6-9-2-3-10(7-8)16(9)11-4-5-12(17)15-13(11)18/h8-11,14H,2-7H2,1H3,(H,15,17,18). The second-order valence-corrected chi connectivity index (χ2v) is 5.76. The number of fused-ring (bicyclic) bond motifs is 2. The molecule has 100 valence electrons. The molecule has 2 amide bonds. The number of amides is 2. The average Bonchev–Trinajstić information content (AvgIpc) is 2.60. The molecule has 0 saturated carbocycles. The number of rotatable bonds is 2. The molecule has 3 saturated heterocycles. The number of imide groups is 1. The number of hydrogen-bond donors (Lipinski definition) is 2. The molecule has 5 heteroatoms. The van der Waals surface area contributed by atoms with E-state index in [2.05, 4.69) is 15.5 Å². The molecular formula is C13H21N3O2. The van der Waals surface area contributed by atoms with Crippen LogP contribution in [0.5, 0.6) is 0 Å². The van der Waals surface area contributed by atoms with Crippen molar-refractivity contribution in [1.29, 1.82) is 0 Å². The third-order valence-electron chi connectivity index (χ3n) is 4.77. The first-order valence-corrected chi connectivity index (χ1v) is 6.97. The predicted octanol–water partition coefficient (Wildman–Crippen LogP) is 0.00640. The Morgan fingerprint density at radius 3 is 2.39 bits per heavy atom. The molecule has 0 aromatic rings. The summed E-state index contributed by atoms with van der Waals surface area (Å²) in [5, 5.41) is 5.85. The van der Waals surface area contributed by atoms with Gasteiger partial charge in [0, 0.05) is 24.5 Å². The Kier molecular flexibility index (Phi) is 3.11. The Hall–Kier alpha value is -0.940. The van der Waals surface area contributed by atoms with Crippen molar-refractivity contribution in [2.45, 2.75) is 62.7 Å². The summed E-state index contributed by atoms with van der Waals surface area (Å²) < 4.78 is 0. The van der Waals surface area contributed by atoms with E-state index in [4.69, 9.17) is 0 Å². The normalized spacial score (nSPS) is 40.9. The van der Waals surface area contributed by atoms with Gasteiger partial charge in [0.15, 0.2) is 0 Å². The molecule has 18 heavy (non-hydrogen) atoms. The quantitative estimate of drug-likeness (QED) is 0.679. The molecule has 0 aromatic heterocycles. The molecule has 3 aliphatic rings. The van der Waals surface area contributed by atoms with E-state index in [0.717, 1.165) is 12.8 Å². The molecule has 0 aliphatic carbocycles. The minimum absolute atomic E-state index is 0.0713. The SMILES string of the molecule is CNC1CC2CCC(C1)N2C1CCC(=O)NC1=O. The van der Waals surface area contributed by atoms with Crippen LogP contribution in [-0.4, -0.2) is 47.9 Å². The van der Waals surface area contributed by atoms with Gasteiger partial charge in [-0.15, -0.1) is 0 Å². The monoisotopic (exact) mass is 251 g/mol. The van der Waals surface area contributed by atoms with E-state index in [1.54, 1.807) is 0 Å². The zero-order valence-electron chi connectivity index (χ0n) is 10.8. The second kappa shape index (κ2) is 4.63. The zero-order valence-corrected chi connectivity index (χ0v) is 10.8. The van der Waals surface area contributed by atoms with E-state index < -0.39 is 0 Å². The van der Waals surface area contributed by atoms with Crippen molar-refractivity contribution in [3.8, 4) is 0 Å². The molecule has 3 aliphatic heterocycles. The largest absolute Gasteiger partial charge is 0.317 e. The fourth-order valence-corrected chi connectivity index (χ4v) is 3.92. The lowest BCUT2D eigenvalue weighted by Crippen LogP contribution is -2.59. The van der Waals surface area contributed by atoms with Gasteiger partial charge in [-0.25, -0.2) is 0 Å². The molecule has 3 unspecified atom stereocenters. The number of nitrogens with zero attached hydrogens (tertiary/aromatic N) is 1. The van der Waals surface area contributed by atoms with Crippen molar-refractivity contribution >= 4 is 11.8 Å². The molecule has 2 bridgehead atoms. The number of piperidine rings is 2. The number of carbonyl (C=O) groups excluding carboxylic acids is 2. The number of hydrogen-bond acceptors (Lipinski definition) is 4. The Morgan fingerprint density at radius 2 is 1.83 bits per heavy atom. The van der Waals surface area contributed by atoms with Crippen molar-refractivity contribution in [1.82, 2.24) is 15.5 Å². The van der Waals surface area contributed by atoms with Gasteiger partial charge in [0.25, 0.3) is 0 Å². The van der Waals surface area contributed by atoms with Crippen molar-refractivity contribution in [2.75, 3.05) is 7.05 Å². The Morgan fingerprint density at radius 1 is 1.17 bits per heavy atom. The van der Waals surface area contributed by atoms with E-state index in [1.165, 1.54) is 12.8 Å². The van der Waals surface area contributed by atoms with Crippen LogP contribution >= 0.6 is 0 Å². The van der Waals surface area contributed by atoms with Crippen LogP contribution in [0.15, 0.2) is 0 Å². The molecule has 0 radical (unpaired) electrons. The second-order valence-electron chi connectivity index (χ2n) is 5.76. The molecule has 3 heterocycles. The van der Waals surface area contributed by atoms with E-state index in [1.807, 2.05) is 7.05 Å². The van der Waals surface area contributed by atoms with Crippen LogP contribution in [0.25, 0.3) is 0 Å². The smallest absolute Gasteiger partial charge is 0.243 e. The predicted molar refractivity (Wildman–Crippen MR) is 66.9 cm³/mol. The van der Waals surface area contributed by atoms with Crippen LogP contribution in [0.2, 0.25) is 0 Å². The van der Waals surface area contributed by atoms with E-state index >= 15 is 0 Å². The summed E-state index contributed by atoms with van der Waals surface area (Å²) in [6, 6.07) is 1.56. The maximum atomic E-state index is 12.0. The fourth-order valence-electron chi connectivity index (χ4n) is 3.92. The van der Waals surface area contributed by atoms with Crippen LogP contribution in [0, 0.1) is 0 Å². The maximum Gasteiger partial charge on any atom is 0.243 e. The molecule has 3 atom stereocenters. The van der Waals surface area contributed by atoms with Gasteiger partial charge < -0.3 is 5.32 Å². The highest BCUT2D eigenvalue weighted by atomic mass is 16.2. The van der Waals surface area contributed by atoms with E-state index in [0.29, 0.717) is 31.0 Å². The highest BCUT2D eigenvalue weighted by Crippen LogP contribution is 2.38. The first kappa shape index (κ1) is 12.1. The zero-order chi connectivity index (χ0) is 12.7. The highest BCUT2D eigenvalue weighted by molar-refractivity contribution is 6.00. The summed E-state index contributed by atoms with van der Waals surface area (Å²) in [6.45, 7) is 0. The Balaban J connectivity index is 1.74. The van der Waals surface area contributed by atoms with Crippen LogP contribution in [0.4, 0.5) is 0 Å². The van der Waals surface area contributed by atoms with Crippen LogP contribution in [0.1, 0.15) is 38.5 Å². The lowest BCUT2D eigenvalue weighted by atomic mass is 9.93. The topological polar surface area (TPSA) is 61.4 Å². The lowest BCUT2D eigenvalue weighted by molar-refractivity contribution is -0.139. The van der Waals surface area contributed by atoms with Gasteiger partial charge in [-0.05, 0) is 39.2 Å². The van der Waals surface area contributed by atoms with E-state index in [-0.39, 0.29) is 17.9 Å². The van der Waals surface area contributed by atoms with Crippen LogP contribution < -0.4 is 10.6 Å². The average molecular weight is 251 g/mol. The van der Waals surface area contributed by atoms with Crippen LogP contribution in [-0.2, 0) is 9.59 Å². The summed E-state index contributed by atoms with van der Waals surface area (Å²) in [5.41, 5.74) is 0. The van der Waals surface area contributed by atoms with Gasteiger partial charge in [-0.2, -0.15) is 0 Å². The van der Waals surface area contributed by atoms with Gasteiger partial charge in [0.05, 0.1) is 6.04 Å².